The van der Waals surface area contributed by atoms with Crippen LogP contribution in [0.1, 0.15) is 36.0 Å². The quantitative estimate of drug-likeness (QED) is 0.796. The minimum Gasteiger partial charge on any atom is -0.357 e. The Bertz CT molecular complexity index is 867. The Hall–Kier alpha value is -3.00. The number of carbonyl (C=O) groups excluding carboxylic acids is 2. The highest BCUT2D eigenvalue weighted by molar-refractivity contribution is 5.94. The standard InChI is InChI=1S/C23H30N6O2/c30-22(26-20-5-6-21(25-17-20)28-12-2-1-3-13-28)18-27-11-4-14-29(16-15-27)23(31)19-7-9-24-10-8-19/h5-10,17H,1-4,11-16,18H2,(H,26,30). The first-order valence-electron chi connectivity index (χ1n) is 11.1. The fraction of sp³-hybridized carbons (Fsp3) is 0.478. The molecule has 0 unspecified atom stereocenters. The SMILES string of the molecule is O=C(CN1CCCN(C(=O)c2ccncc2)CC1)Nc1ccc(N2CCCCC2)nc1. The van der Waals surface area contributed by atoms with Gasteiger partial charge in [0.15, 0.2) is 0 Å². The summed E-state index contributed by atoms with van der Waals surface area (Å²) in [6.07, 6.45) is 9.56. The van der Waals surface area contributed by atoms with Gasteiger partial charge in [-0.25, -0.2) is 4.98 Å². The summed E-state index contributed by atoms with van der Waals surface area (Å²) in [4.78, 5) is 39.9. The molecule has 4 rings (SSSR count). The Balaban J connectivity index is 1.25. The van der Waals surface area contributed by atoms with Gasteiger partial charge in [-0.1, -0.05) is 0 Å². The lowest BCUT2D eigenvalue weighted by Gasteiger charge is -2.27. The Kier molecular flexibility index (Phi) is 7.09. The third-order valence-electron chi connectivity index (χ3n) is 5.88. The summed E-state index contributed by atoms with van der Waals surface area (Å²) >= 11 is 0. The van der Waals surface area contributed by atoms with Gasteiger partial charge in [-0.2, -0.15) is 0 Å². The number of hydrogen-bond acceptors (Lipinski definition) is 6. The minimum absolute atomic E-state index is 0.0218. The molecule has 2 aromatic heterocycles. The lowest BCUT2D eigenvalue weighted by molar-refractivity contribution is -0.117. The molecule has 2 amide bonds. The molecule has 2 fully saturated rings. The molecule has 0 saturated carbocycles. The number of aromatic nitrogens is 2. The average Bonchev–Trinajstić information content (AvgIpc) is 3.06. The van der Waals surface area contributed by atoms with Gasteiger partial charge in [0.25, 0.3) is 5.91 Å². The van der Waals surface area contributed by atoms with Crippen LogP contribution in [0.25, 0.3) is 0 Å². The highest BCUT2D eigenvalue weighted by Gasteiger charge is 2.21. The summed E-state index contributed by atoms with van der Waals surface area (Å²) in [5.41, 5.74) is 1.37. The monoisotopic (exact) mass is 422 g/mol. The van der Waals surface area contributed by atoms with Gasteiger partial charge in [0, 0.05) is 57.2 Å². The normalized spacial score (nSPS) is 17.8. The zero-order valence-corrected chi connectivity index (χ0v) is 17.9. The number of pyridine rings is 2. The van der Waals surface area contributed by atoms with Crippen LogP contribution in [0.5, 0.6) is 0 Å². The molecule has 2 aliphatic heterocycles. The summed E-state index contributed by atoms with van der Waals surface area (Å²) in [5, 5.41) is 2.95. The first kappa shape index (κ1) is 21.2. The van der Waals surface area contributed by atoms with E-state index in [1.165, 1.54) is 19.3 Å². The van der Waals surface area contributed by atoms with E-state index >= 15 is 0 Å². The van der Waals surface area contributed by atoms with Gasteiger partial charge in [0.05, 0.1) is 18.4 Å². The number of rotatable bonds is 5. The number of amides is 2. The third kappa shape index (κ3) is 5.79. The highest BCUT2D eigenvalue weighted by Crippen LogP contribution is 2.19. The van der Waals surface area contributed by atoms with Crippen molar-refractivity contribution in [3.63, 3.8) is 0 Å². The number of carbonyl (C=O) groups is 2. The van der Waals surface area contributed by atoms with Gasteiger partial charge in [-0.05, 0) is 49.9 Å². The van der Waals surface area contributed by atoms with Crippen molar-refractivity contribution >= 4 is 23.3 Å². The largest absolute Gasteiger partial charge is 0.357 e. The Morgan fingerprint density at radius 3 is 2.42 bits per heavy atom. The van der Waals surface area contributed by atoms with Crippen molar-refractivity contribution in [1.82, 2.24) is 19.8 Å². The van der Waals surface area contributed by atoms with Crippen molar-refractivity contribution in [2.75, 3.05) is 56.0 Å². The smallest absolute Gasteiger partial charge is 0.254 e. The van der Waals surface area contributed by atoms with Gasteiger partial charge < -0.3 is 15.1 Å². The highest BCUT2D eigenvalue weighted by atomic mass is 16.2. The predicted octanol–water partition coefficient (Wildman–Crippen LogP) is 2.25. The van der Waals surface area contributed by atoms with Crippen LogP contribution in [-0.2, 0) is 4.79 Å². The van der Waals surface area contributed by atoms with E-state index in [9.17, 15) is 9.59 Å². The molecule has 0 atom stereocenters. The first-order chi connectivity index (χ1) is 15.2. The van der Waals surface area contributed by atoms with Gasteiger partial charge in [0.1, 0.15) is 5.82 Å². The molecule has 2 saturated heterocycles. The van der Waals surface area contributed by atoms with Crippen LogP contribution in [0.4, 0.5) is 11.5 Å². The summed E-state index contributed by atoms with van der Waals surface area (Å²) in [6.45, 7) is 5.19. The molecular weight excluding hydrogens is 392 g/mol. The summed E-state index contributed by atoms with van der Waals surface area (Å²) in [6, 6.07) is 7.38. The molecule has 164 valence electrons. The van der Waals surface area contributed by atoms with Crippen LogP contribution in [0, 0.1) is 0 Å². The maximum absolute atomic E-state index is 12.7. The number of hydrogen-bond donors (Lipinski definition) is 1. The second-order valence-electron chi connectivity index (χ2n) is 8.16. The molecule has 0 radical (unpaired) electrons. The fourth-order valence-corrected chi connectivity index (χ4v) is 4.18. The number of piperidine rings is 1. The number of anilines is 2. The predicted molar refractivity (Wildman–Crippen MR) is 120 cm³/mol. The van der Waals surface area contributed by atoms with Gasteiger partial charge >= 0.3 is 0 Å². The van der Waals surface area contributed by atoms with Crippen LogP contribution >= 0.6 is 0 Å². The van der Waals surface area contributed by atoms with E-state index in [0.717, 1.165) is 37.6 Å². The molecule has 8 nitrogen and oxygen atoms in total. The van der Waals surface area contributed by atoms with Gasteiger partial charge in [-0.3, -0.25) is 19.5 Å². The molecule has 0 spiro atoms. The van der Waals surface area contributed by atoms with Crippen molar-refractivity contribution in [3.8, 4) is 0 Å². The molecule has 2 aromatic rings. The van der Waals surface area contributed by atoms with E-state index < -0.39 is 0 Å². The fourth-order valence-electron chi connectivity index (χ4n) is 4.18. The molecule has 1 N–H and O–H groups in total. The van der Waals surface area contributed by atoms with Gasteiger partial charge in [-0.15, -0.1) is 0 Å². The van der Waals surface area contributed by atoms with Crippen molar-refractivity contribution in [2.24, 2.45) is 0 Å². The van der Waals surface area contributed by atoms with Crippen LogP contribution in [0.15, 0.2) is 42.9 Å². The van der Waals surface area contributed by atoms with Crippen molar-refractivity contribution in [1.29, 1.82) is 0 Å². The minimum atomic E-state index is -0.0542. The second-order valence-corrected chi connectivity index (χ2v) is 8.16. The molecule has 8 heteroatoms. The number of nitrogens with one attached hydrogen (secondary N) is 1. The summed E-state index contributed by atoms with van der Waals surface area (Å²) in [5.74, 6) is 0.944. The number of nitrogens with zero attached hydrogens (tertiary/aromatic N) is 5. The van der Waals surface area contributed by atoms with Crippen molar-refractivity contribution in [2.45, 2.75) is 25.7 Å². The van der Waals surface area contributed by atoms with Crippen LogP contribution < -0.4 is 10.2 Å². The van der Waals surface area contributed by atoms with Crippen LogP contribution in [-0.4, -0.2) is 77.4 Å². The molecule has 4 heterocycles. The lowest BCUT2D eigenvalue weighted by atomic mass is 10.1. The van der Waals surface area contributed by atoms with E-state index in [1.807, 2.05) is 17.0 Å². The van der Waals surface area contributed by atoms with Crippen molar-refractivity contribution < 1.29 is 9.59 Å². The first-order valence-corrected chi connectivity index (χ1v) is 11.1. The summed E-state index contributed by atoms with van der Waals surface area (Å²) in [7, 11) is 0. The second kappa shape index (κ2) is 10.3. The lowest BCUT2D eigenvalue weighted by Crippen LogP contribution is -2.38. The van der Waals surface area contributed by atoms with Gasteiger partial charge in [0.2, 0.25) is 5.91 Å². The van der Waals surface area contributed by atoms with E-state index in [-0.39, 0.29) is 11.8 Å². The molecule has 0 bridgehead atoms. The zero-order chi connectivity index (χ0) is 21.5. The van der Waals surface area contributed by atoms with Crippen LogP contribution in [0.3, 0.4) is 0 Å². The zero-order valence-electron chi connectivity index (χ0n) is 17.9. The molecule has 2 aliphatic rings. The molecular formula is C23H30N6O2. The molecule has 0 aromatic carbocycles. The molecule has 31 heavy (non-hydrogen) atoms. The van der Waals surface area contributed by atoms with Crippen LogP contribution in [0.2, 0.25) is 0 Å². The van der Waals surface area contributed by atoms with Crippen molar-refractivity contribution in [3.05, 3.63) is 48.4 Å². The topological polar surface area (TPSA) is 81.7 Å². The van der Waals surface area contributed by atoms with E-state index in [1.54, 1.807) is 30.7 Å². The maximum Gasteiger partial charge on any atom is 0.254 e. The molecule has 0 aliphatic carbocycles. The Labute approximate surface area is 183 Å². The Morgan fingerprint density at radius 1 is 0.871 bits per heavy atom. The summed E-state index contributed by atoms with van der Waals surface area (Å²) < 4.78 is 0. The third-order valence-corrected chi connectivity index (χ3v) is 5.88. The average molecular weight is 423 g/mol. The van der Waals surface area contributed by atoms with E-state index in [0.29, 0.717) is 31.7 Å². The van der Waals surface area contributed by atoms with E-state index in [2.05, 4.69) is 25.1 Å². The van der Waals surface area contributed by atoms with E-state index in [4.69, 9.17) is 0 Å². The maximum atomic E-state index is 12.7. The Morgan fingerprint density at radius 2 is 1.68 bits per heavy atom.